The summed E-state index contributed by atoms with van der Waals surface area (Å²) in [5, 5.41) is 11.2. The van der Waals surface area contributed by atoms with Crippen LogP contribution in [-0.2, 0) is 16.1 Å². The summed E-state index contributed by atoms with van der Waals surface area (Å²) in [5.74, 6) is -1.39. The fourth-order valence-corrected chi connectivity index (χ4v) is 4.06. The summed E-state index contributed by atoms with van der Waals surface area (Å²) < 4.78 is 19.7. The molecule has 1 fully saturated rings. The fraction of sp³-hybridized carbons (Fsp3) is 0.250. The third-order valence-electron chi connectivity index (χ3n) is 5.80. The molecule has 1 N–H and O–H groups in total. The van der Waals surface area contributed by atoms with Gasteiger partial charge in [-0.25, -0.2) is 4.39 Å². The van der Waals surface area contributed by atoms with Gasteiger partial charge in [0.15, 0.2) is 0 Å². The van der Waals surface area contributed by atoms with Gasteiger partial charge in [-0.3, -0.25) is 14.6 Å². The Morgan fingerprint density at radius 3 is 2.63 bits per heavy atom. The maximum atomic E-state index is 13.9. The van der Waals surface area contributed by atoms with Crippen LogP contribution in [-0.4, -0.2) is 33.3 Å². The van der Waals surface area contributed by atoms with Crippen LogP contribution >= 0.6 is 0 Å². The van der Waals surface area contributed by atoms with Gasteiger partial charge in [0.25, 0.3) is 11.7 Å². The quantitative estimate of drug-likeness (QED) is 0.290. The Hall–Kier alpha value is -4.00. The monoisotopic (exact) mass is 474 g/mol. The van der Waals surface area contributed by atoms with Crippen LogP contribution in [0.4, 0.5) is 4.39 Å². The van der Waals surface area contributed by atoms with Crippen LogP contribution in [0.1, 0.15) is 42.1 Å². The van der Waals surface area contributed by atoms with E-state index in [9.17, 15) is 19.1 Å². The zero-order chi connectivity index (χ0) is 25.1. The summed E-state index contributed by atoms with van der Waals surface area (Å²) in [5.41, 5.74) is 1.89. The Morgan fingerprint density at radius 1 is 1.14 bits per heavy atom. The number of benzene rings is 2. The first kappa shape index (κ1) is 24.1. The van der Waals surface area contributed by atoms with Gasteiger partial charge in [-0.05, 0) is 65.9 Å². The molecule has 7 heteroatoms. The van der Waals surface area contributed by atoms with Gasteiger partial charge in [-0.2, -0.15) is 0 Å². The number of Topliss-reactive ketones (excluding diaryl/α,β-unsaturated/α-hetero) is 1. The van der Waals surface area contributed by atoms with E-state index in [1.165, 1.54) is 23.1 Å². The number of likely N-dealkylation sites (tertiary alicyclic amines) is 1. The molecule has 1 unspecified atom stereocenters. The number of ketones is 1. The van der Waals surface area contributed by atoms with E-state index in [4.69, 9.17) is 4.74 Å². The molecule has 2 heterocycles. The van der Waals surface area contributed by atoms with Crippen molar-refractivity contribution in [3.05, 3.63) is 101 Å². The van der Waals surface area contributed by atoms with E-state index in [1.54, 1.807) is 43.6 Å². The molecule has 3 aromatic rings. The van der Waals surface area contributed by atoms with Crippen LogP contribution in [0.15, 0.2) is 72.6 Å². The van der Waals surface area contributed by atoms with Gasteiger partial charge in [0.2, 0.25) is 0 Å². The highest BCUT2D eigenvalue weighted by molar-refractivity contribution is 6.46. The minimum atomic E-state index is -0.858. The summed E-state index contributed by atoms with van der Waals surface area (Å²) in [4.78, 5) is 31.9. The number of aliphatic hydroxyl groups is 1. The summed E-state index contributed by atoms with van der Waals surface area (Å²) >= 11 is 0. The van der Waals surface area contributed by atoms with Crippen molar-refractivity contribution in [1.82, 2.24) is 9.88 Å². The number of ether oxygens (including phenoxy) is 1. The number of rotatable bonds is 7. The van der Waals surface area contributed by atoms with Crippen LogP contribution in [0, 0.1) is 18.7 Å². The van der Waals surface area contributed by atoms with Crippen LogP contribution in [0.3, 0.4) is 0 Å². The van der Waals surface area contributed by atoms with E-state index >= 15 is 0 Å². The predicted molar refractivity (Wildman–Crippen MR) is 130 cm³/mol. The van der Waals surface area contributed by atoms with Gasteiger partial charge in [0.05, 0.1) is 18.2 Å². The first-order valence-electron chi connectivity index (χ1n) is 11.4. The van der Waals surface area contributed by atoms with Crippen molar-refractivity contribution < 1.29 is 23.8 Å². The molecule has 0 radical (unpaired) electrons. The molecule has 1 atom stereocenters. The Kier molecular flexibility index (Phi) is 6.96. The third-order valence-corrected chi connectivity index (χ3v) is 5.80. The maximum absolute atomic E-state index is 13.9. The van der Waals surface area contributed by atoms with Gasteiger partial charge >= 0.3 is 0 Å². The number of halogens is 1. The molecule has 0 aliphatic carbocycles. The summed E-state index contributed by atoms with van der Waals surface area (Å²) in [7, 11) is 0. The number of amides is 1. The molecule has 0 spiro atoms. The molecule has 6 nitrogen and oxygen atoms in total. The highest BCUT2D eigenvalue weighted by Gasteiger charge is 2.46. The van der Waals surface area contributed by atoms with Crippen molar-refractivity contribution >= 4 is 17.4 Å². The van der Waals surface area contributed by atoms with Crippen LogP contribution in [0.5, 0.6) is 5.75 Å². The zero-order valence-corrected chi connectivity index (χ0v) is 19.9. The molecule has 1 aliphatic heterocycles. The van der Waals surface area contributed by atoms with Crippen molar-refractivity contribution in [2.45, 2.75) is 33.4 Å². The van der Waals surface area contributed by atoms with Crippen molar-refractivity contribution in [2.24, 2.45) is 5.92 Å². The molecule has 2 aromatic carbocycles. The lowest BCUT2D eigenvalue weighted by Crippen LogP contribution is -2.29. The first-order valence-corrected chi connectivity index (χ1v) is 11.4. The molecule has 1 amide bonds. The molecule has 0 bridgehead atoms. The number of pyridine rings is 1. The lowest BCUT2D eigenvalue weighted by Gasteiger charge is -2.26. The number of nitrogens with zero attached hydrogens (tertiary/aromatic N) is 2. The Labute approximate surface area is 203 Å². The predicted octanol–water partition coefficient (Wildman–Crippen LogP) is 5.19. The molecule has 35 heavy (non-hydrogen) atoms. The molecular weight excluding hydrogens is 447 g/mol. The average Bonchev–Trinajstić information content (AvgIpc) is 3.09. The Morgan fingerprint density at radius 2 is 1.94 bits per heavy atom. The van der Waals surface area contributed by atoms with Crippen LogP contribution < -0.4 is 4.74 Å². The number of carbonyl (C=O) groups is 2. The number of aryl methyl sites for hydroxylation is 1. The Bertz CT molecular complexity index is 1290. The second-order valence-electron chi connectivity index (χ2n) is 9.03. The lowest BCUT2D eigenvalue weighted by molar-refractivity contribution is -0.140. The second kappa shape index (κ2) is 10.1. The van der Waals surface area contributed by atoms with Crippen molar-refractivity contribution in [3.8, 4) is 5.75 Å². The fourth-order valence-electron chi connectivity index (χ4n) is 4.06. The first-order chi connectivity index (χ1) is 16.8. The lowest BCUT2D eigenvalue weighted by atomic mass is 9.94. The second-order valence-corrected chi connectivity index (χ2v) is 9.03. The highest BCUT2D eigenvalue weighted by Crippen LogP contribution is 2.41. The summed E-state index contributed by atoms with van der Waals surface area (Å²) in [6, 6.07) is 14.0. The smallest absolute Gasteiger partial charge is 0.295 e. The van der Waals surface area contributed by atoms with Gasteiger partial charge in [-0.1, -0.05) is 32.0 Å². The van der Waals surface area contributed by atoms with Gasteiger partial charge < -0.3 is 14.7 Å². The zero-order valence-electron chi connectivity index (χ0n) is 19.9. The highest BCUT2D eigenvalue weighted by atomic mass is 19.1. The number of aliphatic hydroxyl groups excluding tert-OH is 1. The largest absolute Gasteiger partial charge is 0.507 e. The van der Waals surface area contributed by atoms with Gasteiger partial charge in [0.1, 0.15) is 17.3 Å². The SMILES string of the molecule is Cc1cc(/C(O)=C2/C(=O)C(=O)N(Cc3cccnc3)C2c2cccc(OCC(C)C)c2)ccc1F. The van der Waals surface area contributed by atoms with Crippen LogP contribution in [0.2, 0.25) is 0 Å². The third kappa shape index (κ3) is 5.09. The molecule has 0 saturated carbocycles. The molecule has 1 saturated heterocycles. The topological polar surface area (TPSA) is 79.7 Å². The van der Waals surface area contributed by atoms with E-state index < -0.39 is 23.5 Å². The molecular formula is C28H27FN2O4. The van der Waals surface area contributed by atoms with Crippen molar-refractivity contribution in [1.29, 1.82) is 0 Å². The van der Waals surface area contributed by atoms with E-state index in [0.717, 1.165) is 5.56 Å². The number of carbonyl (C=O) groups excluding carboxylic acids is 2. The molecule has 1 aliphatic rings. The van der Waals surface area contributed by atoms with E-state index in [0.29, 0.717) is 29.4 Å². The maximum Gasteiger partial charge on any atom is 0.295 e. The Balaban J connectivity index is 1.84. The molecule has 180 valence electrons. The summed E-state index contributed by atoms with van der Waals surface area (Å²) in [6.45, 7) is 6.28. The number of aromatic nitrogens is 1. The van der Waals surface area contributed by atoms with Crippen molar-refractivity contribution in [3.63, 3.8) is 0 Å². The van der Waals surface area contributed by atoms with Crippen LogP contribution in [0.25, 0.3) is 5.76 Å². The molecule has 4 rings (SSSR count). The number of hydrogen-bond donors (Lipinski definition) is 1. The number of hydrogen-bond acceptors (Lipinski definition) is 5. The molecule has 1 aromatic heterocycles. The van der Waals surface area contributed by atoms with Gasteiger partial charge in [-0.15, -0.1) is 0 Å². The normalized spacial score (nSPS) is 17.3. The van der Waals surface area contributed by atoms with E-state index in [1.807, 2.05) is 26.0 Å². The average molecular weight is 475 g/mol. The van der Waals surface area contributed by atoms with E-state index in [-0.39, 0.29) is 23.4 Å². The summed E-state index contributed by atoms with van der Waals surface area (Å²) in [6.07, 6.45) is 3.25. The van der Waals surface area contributed by atoms with Gasteiger partial charge in [0, 0.05) is 24.5 Å². The minimum absolute atomic E-state index is 0.0501. The van der Waals surface area contributed by atoms with Crippen molar-refractivity contribution in [2.75, 3.05) is 6.61 Å². The standard InChI is InChI=1S/C28H27FN2O4/c1-17(2)16-35-22-8-4-7-20(13-22)25-24(26(32)21-9-10-23(29)18(3)12-21)27(33)28(34)31(25)15-19-6-5-11-30-14-19/h4-14,17,25,32H,15-16H2,1-3H3/b26-24-. The van der Waals surface area contributed by atoms with E-state index in [2.05, 4.69) is 4.98 Å². The minimum Gasteiger partial charge on any atom is -0.507 e.